The number of Topliss-reactive ketones (excluding diaryl/α,β-unsaturated/α-hetero) is 1. The predicted octanol–water partition coefficient (Wildman–Crippen LogP) is 3.10. The van der Waals surface area contributed by atoms with E-state index in [1.54, 1.807) is 23.7 Å². The average Bonchev–Trinajstić information content (AvgIpc) is 2.68. The Hall–Kier alpha value is -1.10. The summed E-state index contributed by atoms with van der Waals surface area (Å²) < 4.78 is 1.36. The summed E-state index contributed by atoms with van der Waals surface area (Å²) in [6.07, 6.45) is 1.59. The summed E-state index contributed by atoms with van der Waals surface area (Å²) in [5.41, 5.74) is 0.442. The summed E-state index contributed by atoms with van der Waals surface area (Å²) in [7, 11) is 0. The first-order valence-corrected chi connectivity index (χ1v) is 6.33. The largest absolute Gasteiger partial charge is 0.307 e. The molecule has 0 aliphatic heterocycles. The highest BCUT2D eigenvalue weighted by Gasteiger charge is 2.10. The molecule has 2 rings (SSSR count). The van der Waals surface area contributed by atoms with Crippen molar-refractivity contribution in [3.63, 3.8) is 0 Å². The van der Waals surface area contributed by atoms with Crippen molar-refractivity contribution in [1.29, 1.82) is 0 Å². The number of hydrogen-bond acceptors (Lipinski definition) is 3. The summed E-state index contributed by atoms with van der Waals surface area (Å²) in [6, 6.07) is 4.66. The molecule has 0 aliphatic carbocycles. The van der Waals surface area contributed by atoms with Crippen LogP contribution in [0.3, 0.4) is 0 Å². The highest BCUT2D eigenvalue weighted by molar-refractivity contribution is 7.07. The number of ketones is 1. The van der Waals surface area contributed by atoms with E-state index in [9.17, 15) is 9.59 Å². The highest BCUT2D eigenvalue weighted by Crippen LogP contribution is 2.22. The zero-order valence-corrected chi connectivity index (χ0v) is 10.9. The molecule has 0 unspecified atom stereocenters. The van der Waals surface area contributed by atoms with Crippen molar-refractivity contribution in [2.75, 3.05) is 0 Å². The van der Waals surface area contributed by atoms with Gasteiger partial charge in [0, 0.05) is 17.1 Å². The molecule has 88 valence electrons. The van der Waals surface area contributed by atoms with Crippen LogP contribution in [0.2, 0.25) is 10.0 Å². The fourth-order valence-electron chi connectivity index (χ4n) is 1.32. The van der Waals surface area contributed by atoms with E-state index < -0.39 is 0 Å². The Morgan fingerprint density at radius 2 is 2.06 bits per heavy atom. The lowest BCUT2D eigenvalue weighted by atomic mass is 10.1. The molecule has 0 amide bonds. The Bertz CT molecular complexity index is 618. The van der Waals surface area contributed by atoms with Gasteiger partial charge in [-0.1, -0.05) is 34.5 Å². The third kappa shape index (κ3) is 2.77. The molecule has 1 heterocycles. The Kier molecular flexibility index (Phi) is 3.66. The molecule has 0 atom stereocenters. The SMILES string of the molecule is O=C(Cn1ccsc1=O)c1ccc(Cl)c(Cl)c1. The minimum absolute atomic E-state index is 0.0142. The average molecular weight is 288 g/mol. The standard InChI is InChI=1S/C11H7Cl2NO2S/c12-8-2-1-7(5-9(8)13)10(15)6-14-3-4-17-11(14)16/h1-5H,6H2. The summed E-state index contributed by atoms with van der Waals surface area (Å²) >= 11 is 12.6. The second-order valence-corrected chi connectivity index (χ2v) is 5.02. The molecule has 1 aromatic carbocycles. The third-order valence-electron chi connectivity index (χ3n) is 2.20. The Labute approximate surface area is 111 Å². The van der Waals surface area contributed by atoms with Crippen molar-refractivity contribution >= 4 is 40.3 Å². The smallest absolute Gasteiger partial charge is 0.298 e. The monoisotopic (exact) mass is 287 g/mol. The van der Waals surface area contributed by atoms with Gasteiger partial charge in [-0.25, -0.2) is 0 Å². The maximum absolute atomic E-state index is 11.9. The molecule has 2 aromatic rings. The Balaban J connectivity index is 2.23. The third-order valence-corrected chi connectivity index (χ3v) is 3.63. The van der Waals surface area contributed by atoms with Gasteiger partial charge in [0.25, 0.3) is 0 Å². The molecule has 3 nitrogen and oxygen atoms in total. The molecular formula is C11H7Cl2NO2S. The molecule has 0 N–H and O–H groups in total. The number of carbonyl (C=O) groups is 1. The van der Waals surface area contributed by atoms with E-state index in [4.69, 9.17) is 23.2 Å². The number of thiazole rings is 1. The van der Waals surface area contributed by atoms with Crippen molar-refractivity contribution in [3.8, 4) is 0 Å². The first kappa shape index (κ1) is 12.4. The Morgan fingerprint density at radius 1 is 1.29 bits per heavy atom. The first-order chi connectivity index (χ1) is 8.08. The minimum atomic E-state index is -0.177. The molecule has 1 aromatic heterocycles. The van der Waals surface area contributed by atoms with Gasteiger partial charge in [0.05, 0.1) is 16.6 Å². The zero-order chi connectivity index (χ0) is 12.4. The molecule has 0 saturated heterocycles. The van der Waals surface area contributed by atoms with Crippen LogP contribution in [0.25, 0.3) is 0 Å². The van der Waals surface area contributed by atoms with Crippen molar-refractivity contribution in [3.05, 3.63) is 55.1 Å². The van der Waals surface area contributed by atoms with E-state index in [-0.39, 0.29) is 17.2 Å². The van der Waals surface area contributed by atoms with Crippen LogP contribution in [-0.4, -0.2) is 10.4 Å². The molecule has 0 fully saturated rings. The van der Waals surface area contributed by atoms with Crippen LogP contribution in [-0.2, 0) is 6.54 Å². The first-order valence-electron chi connectivity index (χ1n) is 4.70. The van der Waals surface area contributed by atoms with Crippen molar-refractivity contribution < 1.29 is 4.79 Å². The number of benzene rings is 1. The van der Waals surface area contributed by atoms with Gasteiger partial charge in [0.2, 0.25) is 0 Å². The molecule has 0 bridgehead atoms. The number of nitrogens with zero attached hydrogens (tertiary/aromatic N) is 1. The van der Waals surface area contributed by atoms with E-state index >= 15 is 0 Å². The number of hydrogen-bond donors (Lipinski definition) is 0. The second kappa shape index (κ2) is 5.04. The number of halogens is 2. The van der Waals surface area contributed by atoms with Gasteiger partial charge in [0.15, 0.2) is 5.78 Å². The highest BCUT2D eigenvalue weighted by atomic mass is 35.5. The molecule has 0 aliphatic rings. The quantitative estimate of drug-likeness (QED) is 0.814. The summed E-state index contributed by atoms with van der Waals surface area (Å²) in [6.45, 7) is 0.0142. The van der Waals surface area contributed by atoms with Crippen LogP contribution in [0, 0.1) is 0 Å². The van der Waals surface area contributed by atoms with E-state index in [0.717, 1.165) is 11.3 Å². The summed E-state index contributed by atoms with van der Waals surface area (Å²) in [5, 5.41) is 2.37. The van der Waals surface area contributed by atoms with Crippen LogP contribution in [0.5, 0.6) is 0 Å². The lowest BCUT2D eigenvalue weighted by molar-refractivity contribution is 0.0971. The van der Waals surface area contributed by atoms with Crippen LogP contribution in [0.15, 0.2) is 34.6 Å². The van der Waals surface area contributed by atoms with Crippen LogP contribution < -0.4 is 4.87 Å². The lowest BCUT2D eigenvalue weighted by Gasteiger charge is -2.03. The van der Waals surface area contributed by atoms with Crippen molar-refractivity contribution in [2.24, 2.45) is 0 Å². The van der Waals surface area contributed by atoms with Gasteiger partial charge in [-0.15, -0.1) is 0 Å². The topological polar surface area (TPSA) is 39.1 Å². The van der Waals surface area contributed by atoms with Crippen molar-refractivity contribution in [1.82, 2.24) is 4.57 Å². The molecule has 6 heteroatoms. The fraction of sp³-hybridized carbons (Fsp3) is 0.0909. The Morgan fingerprint density at radius 3 is 2.65 bits per heavy atom. The van der Waals surface area contributed by atoms with Crippen molar-refractivity contribution in [2.45, 2.75) is 6.54 Å². The van der Waals surface area contributed by atoms with E-state index in [0.29, 0.717) is 15.6 Å². The molecular weight excluding hydrogens is 281 g/mol. The van der Waals surface area contributed by atoms with Gasteiger partial charge in [0.1, 0.15) is 0 Å². The molecule has 0 radical (unpaired) electrons. The predicted molar refractivity (Wildman–Crippen MR) is 69.4 cm³/mol. The summed E-state index contributed by atoms with van der Waals surface area (Å²) in [5.74, 6) is -0.177. The zero-order valence-electron chi connectivity index (χ0n) is 8.52. The van der Waals surface area contributed by atoms with Crippen LogP contribution >= 0.6 is 34.5 Å². The molecule has 17 heavy (non-hydrogen) atoms. The fourth-order valence-corrected chi connectivity index (χ4v) is 2.21. The van der Waals surface area contributed by atoms with Gasteiger partial charge in [-0.2, -0.15) is 0 Å². The lowest BCUT2D eigenvalue weighted by Crippen LogP contribution is -2.18. The molecule has 0 spiro atoms. The van der Waals surface area contributed by atoms with Crippen LogP contribution in [0.1, 0.15) is 10.4 Å². The second-order valence-electron chi connectivity index (χ2n) is 3.35. The maximum Gasteiger partial charge on any atom is 0.307 e. The normalized spacial score (nSPS) is 10.5. The van der Waals surface area contributed by atoms with Gasteiger partial charge in [-0.3, -0.25) is 14.2 Å². The number of rotatable bonds is 3. The van der Waals surface area contributed by atoms with E-state index in [1.807, 2.05) is 0 Å². The summed E-state index contributed by atoms with van der Waals surface area (Å²) in [4.78, 5) is 23.0. The van der Waals surface area contributed by atoms with Gasteiger partial charge >= 0.3 is 4.87 Å². The number of aromatic nitrogens is 1. The van der Waals surface area contributed by atoms with E-state index in [2.05, 4.69) is 0 Å². The van der Waals surface area contributed by atoms with E-state index in [1.165, 1.54) is 10.6 Å². The molecule has 0 saturated carbocycles. The number of carbonyl (C=O) groups excluding carboxylic acids is 1. The minimum Gasteiger partial charge on any atom is -0.298 e. The van der Waals surface area contributed by atoms with Gasteiger partial charge < -0.3 is 0 Å². The maximum atomic E-state index is 11.9. The van der Waals surface area contributed by atoms with Gasteiger partial charge in [-0.05, 0) is 18.2 Å². The van der Waals surface area contributed by atoms with Crippen LogP contribution in [0.4, 0.5) is 0 Å².